The minimum atomic E-state index is 0.508. The number of hydrogen-bond donors (Lipinski definition) is 1. The molecule has 3 aromatic rings. The lowest BCUT2D eigenvalue weighted by Crippen LogP contribution is -2.21. The van der Waals surface area contributed by atoms with Crippen LogP contribution in [0.5, 0.6) is 5.75 Å². The zero-order valence-corrected chi connectivity index (χ0v) is 13.8. The van der Waals surface area contributed by atoms with Crippen molar-refractivity contribution in [2.24, 2.45) is 0 Å². The molecule has 0 atom stereocenters. The van der Waals surface area contributed by atoms with Gasteiger partial charge < -0.3 is 10.1 Å². The first-order chi connectivity index (χ1) is 11.8. The number of ether oxygens (including phenoxy) is 1. The smallest absolute Gasteiger partial charge is 0.138 e. The van der Waals surface area contributed by atoms with Crippen molar-refractivity contribution in [2.45, 2.75) is 6.54 Å². The molecule has 0 aliphatic carbocycles. The number of benzene rings is 2. The maximum Gasteiger partial charge on any atom is 0.138 e. The van der Waals surface area contributed by atoms with E-state index in [0.717, 1.165) is 16.5 Å². The van der Waals surface area contributed by atoms with Crippen molar-refractivity contribution in [2.75, 3.05) is 13.2 Å². The molecule has 0 spiro atoms. The lowest BCUT2D eigenvalue weighted by molar-refractivity contribution is 0.314. The molecule has 0 saturated heterocycles. The minimum Gasteiger partial charge on any atom is -0.491 e. The van der Waals surface area contributed by atoms with Gasteiger partial charge in [0, 0.05) is 24.7 Å². The van der Waals surface area contributed by atoms with Crippen LogP contribution in [0.3, 0.4) is 0 Å². The molecule has 0 radical (unpaired) electrons. The standard InChI is InChI=1S/C19H16ClN3O/c20-19-17-6-4-14(12-21)11-15(17)5-7-18(19)24-10-9-22-13-16-3-1-2-8-23-16/h1-8,11,22H,9-10,13H2. The molecule has 1 aromatic heterocycles. The van der Waals surface area contributed by atoms with Gasteiger partial charge >= 0.3 is 0 Å². The van der Waals surface area contributed by atoms with Crippen molar-refractivity contribution in [3.8, 4) is 11.8 Å². The summed E-state index contributed by atoms with van der Waals surface area (Å²) in [6, 6.07) is 17.1. The highest BCUT2D eigenvalue weighted by Crippen LogP contribution is 2.33. The van der Waals surface area contributed by atoms with Crippen LogP contribution >= 0.6 is 11.6 Å². The van der Waals surface area contributed by atoms with Gasteiger partial charge in [-0.05, 0) is 35.7 Å². The van der Waals surface area contributed by atoms with Crippen LogP contribution in [0, 0.1) is 11.3 Å². The number of fused-ring (bicyclic) bond motifs is 1. The zero-order chi connectivity index (χ0) is 16.8. The van der Waals surface area contributed by atoms with Crippen LogP contribution < -0.4 is 10.1 Å². The Bertz CT molecular complexity index is 875. The highest BCUT2D eigenvalue weighted by atomic mass is 35.5. The number of pyridine rings is 1. The largest absolute Gasteiger partial charge is 0.491 e. The van der Waals surface area contributed by atoms with Crippen molar-refractivity contribution in [1.29, 1.82) is 5.26 Å². The highest BCUT2D eigenvalue weighted by molar-refractivity contribution is 6.37. The number of nitrogens with one attached hydrogen (secondary N) is 1. The van der Waals surface area contributed by atoms with E-state index in [-0.39, 0.29) is 0 Å². The Morgan fingerprint density at radius 2 is 2.08 bits per heavy atom. The third-order valence-electron chi connectivity index (χ3n) is 3.62. The first-order valence-electron chi connectivity index (χ1n) is 7.64. The van der Waals surface area contributed by atoms with Gasteiger partial charge in [-0.2, -0.15) is 5.26 Å². The first kappa shape index (κ1) is 16.3. The van der Waals surface area contributed by atoms with Gasteiger partial charge in [-0.25, -0.2) is 0 Å². The topological polar surface area (TPSA) is 57.9 Å². The first-order valence-corrected chi connectivity index (χ1v) is 8.01. The van der Waals surface area contributed by atoms with Gasteiger partial charge in [-0.3, -0.25) is 4.98 Å². The normalized spacial score (nSPS) is 10.5. The molecular formula is C19H16ClN3O. The van der Waals surface area contributed by atoms with Gasteiger partial charge in [-0.15, -0.1) is 0 Å². The van der Waals surface area contributed by atoms with Crippen LogP contribution in [0.4, 0.5) is 0 Å². The molecular weight excluding hydrogens is 322 g/mol. The van der Waals surface area contributed by atoms with Gasteiger partial charge in [0.1, 0.15) is 12.4 Å². The molecule has 0 aliphatic rings. The molecule has 2 aromatic carbocycles. The maximum atomic E-state index is 8.95. The average Bonchev–Trinajstić information content (AvgIpc) is 2.63. The van der Waals surface area contributed by atoms with E-state index in [1.807, 2.05) is 42.5 Å². The van der Waals surface area contributed by atoms with E-state index >= 15 is 0 Å². The Hall–Kier alpha value is -2.61. The number of rotatable bonds is 6. The number of hydrogen-bond acceptors (Lipinski definition) is 4. The van der Waals surface area contributed by atoms with E-state index in [0.29, 0.717) is 36.0 Å². The molecule has 4 nitrogen and oxygen atoms in total. The van der Waals surface area contributed by atoms with Crippen molar-refractivity contribution in [3.63, 3.8) is 0 Å². The number of nitriles is 1. The summed E-state index contributed by atoms with van der Waals surface area (Å²) in [6.45, 7) is 1.90. The molecule has 0 fully saturated rings. The summed E-state index contributed by atoms with van der Waals surface area (Å²) < 4.78 is 5.76. The lowest BCUT2D eigenvalue weighted by atomic mass is 10.1. The van der Waals surface area contributed by atoms with Gasteiger partial charge in [0.15, 0.2) is 0 Å². The fourth-order valence-electron chi connectivity index (χ4n) is 2.41. The average molecular weight is 338 g/mol. The van der Waals surface area contributed by atoms with E-state index in [2.05, 4.69) is 16.4 Å². The second kappa shape index (κ2) is 7.78. The van der Waals surface area contributed by atoms with E-state index in [4.69, 9.17) is 21.6 Å². The molecule has 1 N–H and O–H groups in total. The predicted octanol–water partition coefficient (Wildman–Crippen LogP) is 3.93. The molecule has 120 valence electrons. The Balaban J connectivity index is 1.57. The third kappa shape index (κ3) is 3.83. The molecule has 0 amide bonds. The zero-order valence-electron chi connectivity index (χ0n) is 13.0. The monoisotopic (exact) mass is 337 g/mol. The van der Waals surface area contributed by atoms with Gasteiger partial charge in [0.05, 0.1) is 22.3 Å². The fraction of sp³-hybridized carbons (Fsp3) is 0.158. The van der Waals surface area contributed by atoms with Crippen LogP contribution in [-0.4, -0.2) is 18.1 Å². The molecule has 0 bridgehead atoms. The highest BCUT2D eigenvalue weighted by Gasteiger charge is 2.07. The maximum absolute atomic E-state index is 8.95. The van der Waals surface area contributed by atoms with Crippen LogP contribution in [0.25, 0.3) is 10.8 Å². The van der Waals surface area contributed by atoms with Crippen molar-refractivity contribution in [3.05, 3.63) is 71.0 Å². The molecule has 0 aliphatic heterocycles. The van der Waals surface area contributed by atoms with Gasteiger partial charge in [-0.1, -0.05) is 29.8 Å². The second-order valence-electron chi connectivity index (χ2n) is 5.27. The van der Waals surface area contributed by atoms with E-state index in [1.165, 1.54) is 0 Å². The summed E-state index contributed by atoms with van der Waals surface area (Å²) >= 11 is 6.41. The Labute approximate surface area is 145 Å². The second-order valence-corrected chi connectivity index (χ2v) is 5.65. The Kier molecular flexibility index (Phi) is 5.27. The summed E-state index contributed by atoms with van der Waals surface area (Å²) in [6.07, 6.45) is 1.78. The molecule has 1 heterocycles. The van der Waals surface area contributed by atoms with Crippen LogP contribution in [0.2, 0.25) is 5.02 Å². The summed E-state index contributed by atoms with van der Waals surface area (Å²) in [7, 11) is 0. The quantitative estimate of drug-likeness (QED) is 0.692. The predicted molar refractivity (Wildman–Crippen MR) is 95.1 cm³/mol. The lowest BCUT2D eigenvalue weighted by Gasteiger charge is -2.11. The minimum absolute atomic E-state index is 0.508. The van der Waals surface area contributed by atoms with Gasteiger partial charge in [0.25, 0.3) is 0 Å². The summed E-state index contributed by atoms with van der Waals surface area (Å²) in [5.74, 6) is 0.647. The number of aromatic nitrogens is 1. The Morgan fingerprint density at radius 1 is 1.17 bits per heavy atom. The van der Waals surface area contributed by atoms with E-state index < -0.39 is 0 Å². The van der Waals surface area contributed by atoms with E-state index in [9.17, 15) is 0 Å². The van der Waals surface area contributed by atoms with Crippen LogP contribution in [-0.2, 0) is 6.54 Å². The summed E-state index contributed by atoms with van der Waals surface area (Å²) in [5.41, 5.74) is 1.61. The fourth-order valence-corrected chi connectivity index (χ4v) is 2.69. The Morgan fingerprint density at radius 3 is 2.88 bits per heavy atom. The number of nitrogens with zero attached hydrogens (tertiary/aromatic N) is 2. The van der Waals surface area contributed by atoms with Crippen LogP contribution in [0.1, 0.15) is 11.3 Å². The molecule has 3 rings (SSSR count). The third-order valence-corrected chi connectivity index (χ3v) is 4.01. The van der Waals surface area contributed by atoms with Crippen molar-refractivity contribution < 1.29 is 4.74 Å². The summed E-state index contributed by atoms with van der Waals surface area (Å²) in [4.78, 5) is 4.25. The SMILES string of the molecule is N#Cc1ccc2c(Cl)c(OCCNCc3ccccn3)ccc2c1. The molecule has 5 heteroatoms. The van der Waals surface area contributed by atoms with Crippen molar-refractivity contribution >= 4 is 22.4 Å². The molecule has 0 unspecified atom stereocenters. The van der Waals surface area contributed by atoms with Crippen LogP contribution in [0.15, 0.2) is 54.7 Å². The summed E-state index contributed by atoms with van der Waals surface area (Å²) in [5, 5.41) is 14.6. The molecule has 24 heavy (non-hydrogen) atoms. The number of halogens is 1. The van der Waals surface area contributed by atoms with Crippen molar-refractivity contribution in [1.82, 2.24) is 10.3 Å². The van der Waals surface area contributed by atoms with Gasteiger partial charge in [0.2, 0.25) is 0 Å². The molecule has 0 saturated carbocycles. The van der Waals surface area contributed by atoms with E-state index in [1.54, 1.807) is 12.3 Å².